The van der Waals surface area contributed by atoms with E-state index in [-0.39, 0.29) is 16.4 Å². The second-order valence-corrected chi connectivity index (χ2v) is 9.69. The number of aryl methyl sites for hydroxylation is 1. The summed E-state index contributed by atoms with van der Waals surface area (Å²) in [6.45, 7) is 4.02. The highest BCUT2D eigenvalue weighted by Crippen LogP contribution is 2.38. The highest BCUT2D eigenvalue weighted by Gasteiger charge is 2.22. The minimum atomic E-state index is -4.09. The molecule has 0 aliphatic carbocycles. The first-order valence-electron chi connectivity index (χ1n) is 9.16. The number of rotatable bonds is 7. The summed E-state index contributed by atoms with van der Waals surface area (Å²) in [5.41, 5.74) is 2.34. The molecule has 3 rings (SSSR count). The van der Waals surface area contributed by atoms with E-state index < -0.39 is 10.1 Å². The number of benzene rings is 3. The maximum Gasteiger partial charge on any atom is 0.339 e. The predicted octanol–water partition coefficient (Wildman–Crippen LogP) is 6.98. The van der Waals surface area contributed by atoms with Gasteiger partial charge in [-0.25, -0.2) is 0 Å². The Balaban J connectivity index is 1.93. The van der Waals surface area contributed by atoms with Gasteiger partial charge in [-0.2, -0.15) is 8.42 Å². The van der Waals surface area contributed by atoms with Crippen molar-refractivity contribution in [2.24, 2.45) is 4.99 Å². The van der Waals surface area contributed by atoms with Crippen molar-refractivity contribution >= 4 is 61.2 Å². The highest BCUT2D eigenvalue weighted by atomic mass is 79.9. The van der Waals surface area contributed by atoms with Crippen LogP contribution in [-0.4, -0.2) is 21.2 Å². The molecule has 0 aliphatic heterocycles. The Hall–Kier alpha value is -2.06. The van der Waals surface area contributed by atoms with Crippen molar-refractivity contribution in [1.82, 2.24) is 0 Å². The zero-order valence-electron chi connectivity index (χ0n) is 16.6. The first-order valence-corrected chi connectivity index (χ1v) is 12.1. The zero-order valence-corrected chi connectivity index (χ0v) is 20.5. The Morgan fingerprint density at radius 1 is 1.06 bits per heavy atom. The van der Waals surface area contributed by atoms with Crippen LogP contribution in [0.1, 0.15) is 18.1 Å². The molecule has 0 fully saturated rings. The van der Waals surface area contributed by atoms with Crippen molar-refractivity contribution in [1.29, 1.82) is 0 Å². The normalized spacial score (nSPS) is 11.6. The Labute approximate surface area is 199 Å². The van der Waals surface area contributed by atoms with E-state index in [1.54, 1.807) is 31.3 Å². The number of halogens is 3. The smallest absolute Gasteiger partial charge is 0.339 e. The lowest BCUT2D eigenvalue weighted by Crippen LogP contribution is -2.11. The van der Waals surface area contributed by atoms with Crippen molar-refractivity contribution in [2.45, 2.75) is 18.7 Å². The Bertz CT molecular complexity index is 1230. The zero-order chi connectivity index (χ0) is 22.6. The lowest BCUT2D eigenvalue weighted by Gasteiger charge is -2.14. The molecule has 0 bridgehead atoms. The average molecular weight is 543 g/mol. The van der Waals surface area contributed by atoms with Gasteiger partial charge in [-0.15, -0.1) is 0 Å². The van der Waals surface area contributed by atoms with Crippen LogP contribution in [0.25, 0.3) is 0 Å². The van der Waals surface area contributed by atoms with Gasteiger partial charge in [0, 0.05) is 16.3 Å². The maximum absolute atomic E-state index is 12.7. The first kappa shape index (κ1) is 23.6. The van der Waals surface area contributed by atoms with Crippen LogP contribution in [0, 0.1) is 6.92 Å². The van der Waals surface area contributed by atoms with Crippen molar-refractivity contribution in [3.8, 4) is 11.5 Å². The van der Waals surface area contributed by atoms with E-state index >= 15 is 0 Å². The second-order valence-electron chi connectivity index (χ2n) is 6.45. The SMILES string of the molecule is CCOc1cc(C=Nc2ccc(C)c(Cl)c2)cc(Br)c1OS(=O)(=O)c1ccc(Cl)cc1. The number of hydrogen-bond donors (Lipinski definition) is 0. The van der Waals surface area contributed by atoms with Gasteiger partial charge in [0.05, 0.1) is 16.8 Å². The van der Waals surface area contributed by atoms with Gasteiger partial charge in [0.15, 0.2) is 11.5 Å². The molecule has 0 heterocycles. The molecule has 0 aliphatic rings. The van der Waals surface area contributed by atoms with Crippen LogP contribution < -0.4 is 8.92 Å². The third-order valence-corrected chi connectivity index (χ3v) is 6.63. The third kappa shape index (κ3) is 6.01. The second kappa shape index (κ2) is 10.0. The van der Waals surface area contributed by atoms with Gasteiger partial charge in [0.2, 0.25) is 0 Å². The topological polar surface area (TPSA) is 65.0 Å². The van der Waals surface area contributed by atoms with Crippen molar-refractivity contribution < 1.29 is 17.3 Å². The first-order chi connectivity index (χ1) is 14.7. The minimum Gasteiger partial charge on any atom is -0.490 e. The van der Waals surface area contributed by atoms with Gasteiger partial charge in [-0.1, -0.05) is 29.3 Å². The van der Waals surface area contributed by atoms with Gasteiger partial charge in [0.1, 0.15) is 4.90 Å². The van der Waals surface area contributed by atoms with E-state index in [9.17, 15) is 8.42 Å². The van der Waals surface area contributed by atoms with Crippen LogP contribution in [0.5, 0.6) is 11.5 Å². The number of nitrogens with zero attached hydrogens (tertiary/aromatic N) is 1. The Kier molecular flexibility index (Phi) is 7.64. The summed E-state index contributed by atoms with van der Waals surface area (Å²) >= 11 is 15.4. The van der Waals surface area contributed by atoms with Crippen molar-refractivity contribution in [2.75, 3.05) is 6.61 Å². The fourth-order valence-corrected chi connectivity index (χ4v) is 4.48. The molecule has 0 saturated carbocycles. The fourth-order valence-electron chi connectivity index (χ4n) is 2.58. The van der Waals surface area contributed by atoms with Crippen LogP contribution in [0.2, 0.25) is 10.0 Å². The monoisotopic (exact) mass is 541 g/mol. The molecule has 0 radical (unpaired) electrons. The van der Waals surface area contributed by atoms with Gasteiger partial charge in [0.25, 0.3) is 0 Å². The molecule has 0 atom stereocenters. The van der Waals surface area contributed by atoms with Gasteiger partial charge >= 0.3 is 10.1 Å². The van der Waals surface area contributed by atoms with Gasteiger partial charge in [-0.05, 0) is 89.4 Å². The fraction of sp³-hybridized carbons (Fsp3) is 0.136. The molecule has 0 saturated heterocycles. The molecule has 0 N–H and O–H groups in total. The lowest BCUT2D eigenvalue weighted by molar-refractivity contribution is 0.327. The van der Waals surface area contributed by atoms with E-state index in [1.165, 1.54) is 24.3 Å². The highest BCUT2D eigenvalue weighted by molar-refractivity contribution is 9.10. The quantitative estimate of drug-likeness (QED) is 0.238. The Morgan fingerprint density at radius 2 is 1.77 bits per heavy atom. The molecule has 31 heavy (non-hydrogen) atoms. The largest absolute Gasteiger partial charge is 0.490 e. The molecule has 0 unspecified atom stereocenters. The summed E-state index contributed by atoms with van der Waals surface area (Å²) in [6, 6.07) is 14.6. The summed E-state index contributed by atoms with van der Waals surface area (Å²) in [5, 5.41) is 1.05. The maximum atomic E-state index is 12.7. The molecule has 3 aromatic carbocycles. The third-order valence-electron chi connectivity index (χ3n) is 4.15. The summed E-state index contributed by atoms with van der Waals surface area (Å²) in [4.78, 5) is 4.40. The molecule has 0 amide bonds. The molecule has 162 valence electrons. The summed E-state index contributed by atoms with van der Waals surface area (Å²) < 4.78 is 36.8. The predicted molar refractivity (Wildman–Crippen MR) is 128 cm³/mol. The molecule has 9 heteroatoms. The van der Waals surface area contributed by atoms with E-state index in [4.69, 9.17) is 32.1 Å². The van der Waals surface area contributed by atoms with Crippen LogP contribution in [0.4, 0.5) is 5.69 Å². The number of ether oxygens (including phenoxy) is 1. The summed E-state index contributed by atoms with van der Waals surface area (Å²) in [7, 11) is -4.09. The van der Waals surface area contributed by atoms with Crippen LogP contribution in [0.15, 0.2) is 69.0 Å². The number of aliphatic imine (C=N–C) groups is 1. The van der Waals surface area contributed by atoms with Gasteiger partial charge in [-0.3, -0.25) is 4.99 Å². The molecular weight excluding hydrogens is 525 g/mol. The summed E-state index contributed by atoms with van der Waals surface area (Å²) in [5.74, 6) is 0.310. The van der Waals surface area contributed by atoms with Gasteiger partial charge < -0.3 is 8.92 Å². The molecule has 3 aromatic rings. The minimum absolute atomic E-state index is 0.0202. The van der Waals surface area contributed by atoms with E-state index in [0.29, 0.717) is 32.4 Å². The summed E-state index contributed by atoms with van der Waals surface area (Å²) in [6.07, 6.45) is 1.63. The van der Waals surface area contributed by atoms with Crippen LogP contribution in [0.3, 0.4) is 0 Å². The average Bonchev–Trinajstić information content (AvgIpc) is 2.72. The molecule has 5 nitrogen and oxygen atoms in total. The lowest BCUT2D eigenvalue weighted by atomic mass is 10.2. The molecule has 0 spiro atoms. The van der Waals surface area contributed by atoms with E-state index in [0.717, 1.165) is 5.56 Å². The van der Waals surface area contributed by atoms with Crippen LogP contribution in [-0.2, 0) is 10.1 Å². The Morgan fingerprint density at radius 3 is 2.42 bits per heavy atom. The standard InChI is InChI=1S/C22H18BrCl2NO4S/c1-3-29-21-11-15(13-26-17-7-4-14(2)20(25)12-17)10-19(23)22(21)30-31(27,28)18-8-5-16(24)6-9-18/h4-13H,3H2,1-2H3. The molecular formula is C22H18BrCl2NO4S. The van der Waals surface area contributed by atoms with Crippen molar-refractivity contribution in [3.63, 3.8) is 0 Å². The molecule has 0 aromatic heterocycles. The number of hydrogen-bond acceptors (Lipinski definition) is 5. The van der Waals surface area contributed by atoms with Crippen LogP contribution >= 0.6 is 39.1 Å². The van der Waals surface area contributed by atoms with E-state index in [1.807, 2.05) is 19.1 Å². The van der Waals surface area contributed by atoms with E-state index in [2.05, 4.69) is 20.9 Å². The van der Waals surface area contributed by atoms with Crippen molar-refractivity contribution in [3.05, 3.63) is 80.2 Å².